The molecule has 6 heteroatoms. The molecule has 1 spiro atoms. The van der Waals surface area contributed by atoms with Crippen LogP contribution in [-0.4, -0.2) is 23.2 Å². The second-order valence-electron chi connectivity index (χ2n) is 5.85. The lowest BCUT2D eigenvalue weighted by Gasteiger charge is -2.23. The normalized spacial score (nSPS) is 23.6. The number of halogens is 1. The zero-order chi connectivity index (χ0) is 14.9. The molecule has 3 rings (SSSR count). The van der Waals surface area contributed by atoms with Gasteiger partial charge in [-0.05, 0) is 31.7 Å². The monoisotopic (exact) mass is 295 g/mol. The van der Waals surface area contributed by atoms with Gasteiger partial charge in [-0.1, -0.05) is 12.8 Å². The number of nitro benzene ring substituents is 1. The first kappa shape index (κ1) is 14.3. The highest BCUT2D eigenvalue weighted by Crippen LogP contribution is 2.43. The van der Waals surface area contributed by atoms with Gasteiger partial charge in [-0.3, -0.25) is 10.1 Å². The third kappa shape index (κ3) is 3.00. The number of ether oxygens (including phenoxy) is 2. The molecule has 114 valence electrons. The van der Waals surface area contributed by atoms with Crippen LogP contribution in [0.15, 0.2) is 18.2 Å². The van der Waals surface area contributed by atoms with Crippen LogP contribution in [0.5, 0.6) is 5.75 Å². The highest BCUT2D eigenvalue weighted by Gasteiger charge is 2.42. The van der Waals surface area contributed by atoms with Crippen LogP contribution in [0.4, 0.5) is 10.1 Å². The van der Waals surface area contributed by atoms with Gasteiger partial charge in [-0.25, -0.2) is 4.39 Å². The summed E-state index contributed by atoms with van der Waals surface area (Å²) in [5, 5.41) is 10.9. The number of rotatable bonds is 4. The van der Waals surface area contributed by atoms with E-state index in [1.807, 2.05) is 0 Å². The van der Waals surface area contributed by atoms with E-state index in [9.17, 15) is 14.5 Å². The standard InChI is InChI=1S/C15H18FNO4/c16-11-3-4-13(17(18)19)14(9-11)20-10-12-5-8-15(21-12)6-1-2-7-15/h3-4,9,12H,1-2,5-8,10H2. The lowest BCUT2D eigenvalue weighted by molar-refractivity contribution is -0.386. The molecule has 1 aliphatic heterocycles. The molecular weight excluding hydrogens is 277 g/mol. The van der Waals surface area contributed by atoms with Crippen molar-refractivity contribution in [1.82, 2.24) is 0 Å². The molecule has 1 aromatic rings. The van der Waals surface area contributed by atoms with Gasteiger partial charge < -0.3 is 9.47 Å². The second-order valence-corrected chi connectivity index (χ2v) is 5.85. The van der Waals surface area contributed by atoms with Gasteiger partial charge in [0.1, 0.15) is 12.4 Å². The summed E-state index contributed by atoms with van der Waals surface area (Å²) in [6.07, 6.45) is 6.42. The van der Waals surface area contributed by atoms with Crippen molar-refractivity contribution in [3.8, 4) is 5.75 Å². The van der Waals surface area contributed by atoms with Crippen LogP contribution in [-0.2, 0) is 4.74 Å². The minimum Gasteiger partial charge on any atom is -0.484 e. The summed E-state index contributed by atoms with van der Waals surface area (Å²) in [5.74, 6) is -0.578. The average Bonchev–Trinajstić information content (AvgIpc) is 3.07. The summed E-state index contributed by atoms with van der Waals surface area (Å²) in [6.45, 7) is 0.228. The zero-order valence-electron chi connectivity index (χ0n) is 11.7. The zero-order valence-corrected chi connectivity index (χ0v) is 11.7. The number of nitrogens with zero attached hydrogens (tertiary/aromatic N) is 1. The van der Waals surface area contributed by atoms with Crippen molar-refractivity contribution in [3.63, 3.8) is 0 Å². The predicted molar refractivity (Wildman–Crippen MR) is 73.9 cm³/mol. The molecular formula is C15H18FNO4. The molecule has 2 aliphatic rings. The maximum Gasteiger partial charge on any atom is 0.311 e. The topological polar surface area (TPSA) is 61.6 Å². The smallest absolute Gasteiger partial charge is 0.311 e. The molecule has 5 nitrogen and oxygen atoms in total. The summed E-state index contributed by atoms with van der Waals surface area (Å²) >= 11 is 0. The fourth-order valence-corrected chi connectivity index (χ4v) is 3.34. The van der Waals surface area contributed by atoms with E-state index < -0.39 is 10.7 Å². The molecule has 0 N–H and O–H groups in total. The average molecular weight is 295 g/mol. The number of hydrogen-bond donors (Lipinski definition) is 0. The third-order valence-corrected chi connectivity index (χ3v) is 4.40. The summed E-state index contributed by atoms with van der Waals surface area (Å²) < 4.78 is 24.8. The highest BCUT2D eigenvalue weighted by atomic mass is 19.1. The predicted octanol–water partition coefficient (Wildman–Crippen LogP) is 3.60. The molecule has 21 heavy (non-hydrogen) atoms. The molecule has 0 bridgehead atoms. The molecule has 1 saturated carbocycles. The SMILES string of the molecule is O=[N+]([O-])c1ccc(F)cc1OCC1CCC2(CCCC2)O1. The molecule has 1 aliphatic carbocycles. The second kappa shape index (κ2) is 5.60. The number of nitro groups is 1. The Morgan fingerprint density at radius 3 is 2.86 bits per heavy atom. The van der Waals surface area contributed by atoms with Crippen LogP contribution in [0.25, 0.3) is 0 Å². The number of benzene rings is 1. The summed E-state index contributed by atoms with van der Waals surface area (Å²) in [6, 6.07) is 3.24. The largest absolute Gasteiger partial charge is 0.484 e. The fourth-order valence-electron chi connectivity index (χ4n) is 3.34. The van der Waals surface area contributed by atoms with Crippen molar-refractivity contribution < 1.29 is 18.8 Å². The van der Waals surface area contributed by atoms with E-state index in [-0.39, 0.29) is 29.7 Å². The Kier molecular flexibility index (Phi) is 3.80. The molecule has 0 aromatic heterocycles. The molecule has 1 atom stereocenters. The van der Waals surface area contributed by atoms with Gasteiger partial charge in [0.05, 0.1) is 16.6 Å². The maximum absolute atomic E-state index is 13.2. The Labute approximate surface area is 122 Å². The van der Waals surface area contributed by atoms with Crippen molar-refractivity contribution >= 4 is 5.69 Å². The first-order valence-corrected chi connectivity index (χ1v) is 7.33. The van der Waals surface area contributed by atoms with Crippen LogP contribution in [0.3, 0.4) is 0 Å². The third-order valence-electron chi connectivity index (χ3n) is 4.40. The van der Waals surface area contributed by atoms with Gasteiger partial charge >= 0.3 is 5.69 Å². The molecule has 1 heterocycles. The van der Waals surface area contributed by atoms with E-state index in [1.54, 1.807) is 0 Å². The van der Waals surface area contributed by atoms with Gasteiger partial charge in [0.25, 0.3) is 0 Å². The van der Waals surface area contributed by atoms with E-state index >= 15 is 0 Å². The van der Waals surface area contributed by atoms with Crippen LogP contribution >= 0.6 is 0 Å². The molecule has 1 unspecified atom stereocenters. The maximum atomic E-state index is 13.2. The van der Waals surface area contributed by atoms with Gasteiger partial charge in [0.2, 0.25) is 0 Å². The molecule has 1 aromatic carbocycles. The molecule has 0 amide bonds. The Morgan fingerprint density at radius 1 is 1.38 bits per heavy atom. The minimum absolute atomic E-state index is 0.00188. The molecule has 1 saturated heterocycles. The van der Waals surface area contributed by atoms with E-state index in [0.29, 0.717) is 0 Å². The van der Waals surface area contributed by atoms with Crippen molar-refractivity contribution in [3.05, 3.63) is 34.1 Å². The minimum atomic E-state index is -0.567. The fraction of sp³-hybridized carbons (Fsp3) is 0.600. The summed E-state index contributed by atoms with van der Waals surface area (Å²) in [5.41, 5.74) is -0.216. The van der Waals surface area contributed by atoms with E-state index in [0.717, 1.165) is 43.9 Å². The Balaban J connectivity index is 1.63. The van der Waals surface area contributed by atoms with E-state index in [2.05, 4.69) is 0 Å². The van der Waals surface area contributed by atoms with Crippen LogP contribution in [0.1, 0.15) is 38.5 Å². The van der Waals surface area contributed by atoms with Gasteiger partial charge in [0, 0.05) is 12.1 Å². The van der Waals surface area contributed by atoms with Crippen LogP contribution in [0.2, 0.25) is 0 Å². The highest BCUT2D eigenvalue weighted by molar-refractivity contribution is 5.46. The van der Waals surface area contributed by atoms with Gasteiger partial charge in [-0.15, -0.1) is 0 Å². The van der Waals surface area contributed by atoms with E-state index in [1.165, 1.54) is 12.8 Å². The molecule has 0 radical (unpaired) electrons. The molecule has 2 fully saturated rings. The van der Waals surface area contributed by atoms with Crippen molar-refractivity contribution in [2.75, 3.05) is 6.61 Å². The summed E-state index contributed by atoms with van der Waals surface area (Å²) in [4.78, 5) is 10.3. The van der Waals surface area contributed by atoms with Crippen LogP contribution < -0.4 is 4.74 Å². The quantitative estimate of drug-likeness (QED) is 0.629. The van der Waals surface area contributed by atoms with Crippen molar-refractivity contribution in [2.24, 2.45) is 0 Å². The first-order chi connectivity index (χ1) is 10.1. The van der Waals surface area contributed by atoms with Crippen LogP contribution in [0, 0.1) is 15.9 Å². The Hall–Kier alpha value is -1.69. The Morgan fingerprint density at radius 2 is 2.14 bits per heavy atom. The van der Waals surface area contributed by atoms with Gasteiger partial charge in [-0.2, -0.15) is 0 Å². The van der Waals surface area contributed by atoms with Gasteiger partial charge in [0.15, 0.2) is 5.75 Å². The summed E-state index contributed by atoms with van der Waals surface area (Å²) in [7, 11) is 0. The van der Waals surface area contributed by atoms with Crippen molar-refractivity contribution in [2.45, 2.75) is 50.2 Å². The Bertz CT molecular complexity index is 542. The van der Waals surface area contributed by atoms with E-state index in [4.69, 9.17) is 9.47 Å². The lowest BCUT2D eigenvalue weighted by Crippen LogP contribution is -2.27. The number of hydrogen-bond acceptors (Lipinski definition) is 4. The lowest BCUT2D eigenvalue weighted by atomic mass is 9.98. The first-order valence-electron chi connectivity index (χ1n) is 7.33. The van der Waals surface area contributed by atoms with Crippen molar-refractivity contribution in [1.29, 1.82) is 0 Å².